The molecule has 0 radical (unpaired) electrons. The number of aliphatic carboxylic acids is 1. The van der Waals surface area contributed by atoms with Crippen LogP contribution >= 0.6 is 0 Å². The van der Waals surface area contributed by atoms with Crippen LogP contribution in [-0.2, 0) is 29.2 Å². The second-order valence-corrected chi connectivity index (χ2v) is 9.40. The third-order valence-corrected chi connectivity index (χ3v) is 6.42. The first kappa shape index (κ1) is 27.8. The number of hydrogen-bond acceptors (Lipinski definition) is 6. The molecule has 0 unspecified atom stereocenters. The lowest BCUT2D eigenvalue weighted by molar-refractivity contribution is -0.137. The Morgan fingerprint density at radius 3 is 2.49 bits per heavy atom. The molecule has 8 nitrogen and oxygen atoms in total. The molecule has 1 N–H and O–H groups in total. The zero-order valence-corrected chi connectivity index (χ0v) is 21.6. The van der Waals surface area contributed by atoms with Gasteiger partial charge in [-0.15, -0.1) is 0 Å². The number of carboxylic acids is 1. The number of nitrogens with zero attached hydrogens (tertiary/aromatic N) is 3. The SMILES string of the molecule is O=C(O)CCCCc1nc2cc(-c3cc(COCc4ccc(F)c(F)c4)on3)ccc2c(=O)n1-c1ccc(F)cc1. The molecular weight excluding hydrogens is 539 g/mol. The third kappa shape index (κ3) is 6.52. The smallest absolute Gasteiger partial charge is 0.303 e. The molecule has 0 aliphatic heterocycles. The maximum absolute atomic E-state index is 13.6. The summed E-state index contributed by atoms with van der Waals surface area (Å²) in [7, 11) is 0. The molecular formula is C30H24F3N3O5. The van der Waals surface area contributed by atoms with Crippen LogP contribution < -0.4 is 5.56 Å². The van der Waals surface area contributed by atoms with E-state index < -0.39 is 23.4 Å². The van der Waals surface area contributed by atoms with Crippen molar-refractivity contribution in [3.8, 4) is 16.9 Å². The number of fused-ring (bicyclic) bond motifs is 1. The Balaban J connectivity index is 1.39. The van der Waals surface area contributed by atoms with E-state index in [9.17, 15) is 22.8 Å². The Morgan fingerprint density at radius 1 is 0.927 bits per heavy atom. The van der Waals surface area contributed by atoms with Crippen molar-refractivity contribution in [2.24, 2.45) is 0 Å². The fraction of sp³-hybridized carbons (Fsp3) is 0.200. The number of carbonyl (C=O) groups is 1. The van der Waals surface area contributed by atoms with Crippen molar-refractivity contribution in [2.45, 2.75) is 38.9 Å². The Morgan fingerprint density at radius 2 is 1.73 bits per heavy atom. The van der Waals surface area contributed by atoms with Gasteiger partial charge in [0.15, 0.2) is 17.4 Å². The first-order chi connectivity index (χ1) is 19.8. The topological polar surface area (TPSA) is 107 Å². The lowest BCUT2D eigenvalue weighted by Gasteiger charge is -2.14. The number of benzene rings is 3. The third-order valence-electron chi connectivity index (χ3n) is 6.42. The normalized spacial score (nSPS) is 11.3. The number of rotatable bonds is 11. The predicted octanol–water partition coefficient (Wildman–Crippen LogP) is 5.97. The molecule has 5 rings (SSSR count). The Bertz CT molecular complexity index is 1770. The van der Waals surface area contributed by atoms with E-state index in [4.69, 9.17) is 19.4 Å². The van der Waals surface area contributed by atoms with Gasteiger partial charge in [-0.2, -0.15) is 0 Å². The Labute approximate surface area is 231 Å². The number of ether oxygens (including phenoxy) is 1. The zero-order valence-electron chi connectivity index (χ0n) is 21.6. The summed E-state index contributed by atoms with van der Waals surface area (Å²) in [5.41, 5.74) is 2.11. The summed E-state index contributed by atoms with van der Waals surface area (Å²) in [5, 5.41) is 13.4. The summed E-state index contributed by atoms with van der Waals surface area (Å²) in [4.78, 5) is 29.2. The van der Waals surface area contributed by atoms with Crippen LogP contribution in [0.1, 0.15) is 36.4 Å². The molecule has 0 aliphatic carbocycles. The quantitative estimate of drug-likeness (QED) is 0.197. The molecule has 5 aromatic rings. The van der Waals surface area contributed by atoms with Gasteiger partial charge in [-0.25, -0.2) is 18.2 Å². The van der Waals surface area contributed by atoms with Gasteiger partial charge in [0.25, 0.3) is 5.56 Å². The molecule has 0 atom stereocenters. The maximum atomic E-state index is 13.6. The van der Waals surface area contributed by atoms with Crippen LogP contribution in [0.4, 0.5) is 13.2 Å². The van der Waals surface area contributed by atoms with Crippen molar-refractivity contribution in [1.82, 2.24) is 14.7 Å². The van der Waals surface area contributed by atoms with Gasteiger partial charge in [0.1, 0.15) is 23.9 Å². The number of carboxylic acid groups (broad SMARTS) is 1. The summed E-state index contributed by atoms with van der Waals surface area (Å²) in [6.07, 6.45) is 1.23. The summed E-state index contributed by atoms with van der Waals surface area (Å²) in [6, 6.07) is 15.7. The van der Waals surface area contributed by atoms with Crippen LogP contribution in [0.25, 0.3) is 27.8 Å². The van der Waals surface area contributed by atoms with Crippen molar-refractivity contribution in [2.75, 3.05) is 0 Å². The van der Waals surface area contributed by atoms with Gasteiger partial charge in [0.05, 0.1) is 23.2 Å². The second kappa shape index (κ2) is 12.2. The molecule has 3 aromatic carbocycles. The highest BCUT2D eigenvalue weighted by molar-refractivity contribution is 5.83. The fourth-order valence-electron chi connectivity index (χ4n) is 4.39. The zero-order chi connectivity index (χ0) is 28.9. The lowest BCUT2D eigenvalue weighted by Crippen LogP contribution is -2.24. The molecule has 0 amide bonds. The van der Waals surface area contributed by atoms with Crippen LogP contribution in [0, 0.1) is 17.5 Å². The highest BCUT2D eigenvalue weighted by Crippen LogP contribution is 2.24. The number of aromatic nitrogens is 3. The van der Waals surface area contributed by atoms with E-state index in [1.807, 2.05) is 0 Å². The average molecular weight is 564 g/mol. The van der Waals surface area contributed by atoms with Crippen LogP contribution in [0.3, 0.4) is 0 Å². The van der Waals surface area contributed by atoms with E-state index in [-0.39, 0.29) is 25.2 Å². The van der Waals surface area contributed by atoms with Crippen LogP contribution in [0.2, 0.25) is 0 Å². The molecule has 2 heterocycles. The molecule has 0 fully saturated rings. The van der Waals surface area contributed by atoms with Crippen LogP contribution in [0.15, 0.2) is 76.0 Å². The minimum absolute atomic E-state index is 0.00248. The molecule has 11 heteroatoms. The van der Waals surface area contributed by atoms with Gasteiger partial charge in [-0.3, -0.25) is 14.2 Å². The van der Waals surface area contributed by atoms with Crippen LogP contribution in [0.5, 0.6) is 0 Å². The summed E-state index contributed by atoms with van der Waals surface area (Å²) >= 11 is 0. The molecule has 0 aliphatic rings. The highest BCUT2D eigenvalue weighted by Gasteiger charge is 2.16. The molecule has 41 heavy (non-hydrogen) atoms. The van der Waals surface area contributed by atoms with E-state index in [0.29, 0.717) is 64.3 Å². The minimum atomic E-state index is -0.953. The highest BCUT2D eigenvalue weighted by atomic mass is 19.2. The monoisotopic (exact) mass is 563 g/mol. The molecule has 0 bridgehead atoms. The van der Waals surface area contributed by atoms with Crippen molar-refractivity contribution < 1.29 is 32.3 Å². The number of aryl methyl sites for hydroxylation is 1. The number of hydrogen-bond donors (Lipinski definition) is 1. The van der Waals surface area contributed by atoms with Gasteiger partial charge < -0.3 is 14.4 Å². The number of unbranched alkanes of at least 4 members (excludes halogenated alkanes) is 1. The number of halogens is 3. The van der Waals surface area contributed by atoms with Crippen molar-refractivity contribution in [3.05, 3.63) is 112 Å². The van der Waals surface area contributed by atoms with Crippen molar-refractivity contribution >= 4 is 16.9 Å². The fourth-order valence-corrected chi connectivity index (χ4v) is 4.39. The van der Waals surface area contributed by atoms with E-state index >= 15 is 0 Å². The molecule has 2 aromatic heterocycles. The van der Waals surface area contributed by atoms with Crippen molar-refractivity contribution in [3.63, 3.8) is 0 Å². The van der Waals surface area contributed by atoms with E-state index in [0.717, 1.165) is 12.1 Å². The molecule has 210 valence electrons. The Kier molecular flexibility index (Phi) is 8.25. The van der Waals surface area contributed by atoms with Crippen molar-refractivity contribution in [1.29, 1.82) is 0 Å². The average Bonchev–Trinajstić information content (AvgIpc) is 3.42. The molecule has 0 spiro atoms. The summed E-state index contributed by atoms with van der Waals surface area (Å²) < 4.78 is 52.4. The Hall–Kier alpha value is -4.77. The van der Waals surface area contributed by atoms with E-state index in [1.165, 1.54) is 34.9 Å². The standard InChI is InChI=1S/C30H24F3N3O5/c31-20-7-9-21(10-8-20)36-28(3-1-2-4-29(37)38)34-27-14-19(6-11-23(27)30(36)39)26-15-22(41-35-26)17-40-16-18-5-12-24(32)25(33)13-18/h5-15H,1-4,16-17H2,(H,37,38). The molecule has 0 saturated heterocycles. The van der Waals surface area contributed by atoms with Crippen LogP contribution in [-0.4, -0.2) is 25.8 Å². The summed E-state index contributed by atoms with van der Waals surface area (Å²) in [5.74, 6) is -2.41. The van der Waals surface area contributed by atoms with Gasteiger partial charge in [0, 0.05) is 24.5 Å². The molecule has 0 saturated carbocycles. The van der Waals surface area contributed by atoms with E-state index in [2.05, 4.69) is 5.16 Å². The van der Waals surface area contributed by atoms with Gasteiger partial charge in [-0.1, -0.05) is 17.3 Å². The minimum Gasteiger partial charge on any atom is -0.481 e. The van der Waals surface area contributed by atoms with Gasteiger partial charge >= 0.3 is 5.97 Å². The van der Waals surface area contributed by atoms with Gasteiger partial charge in [0.2, 0.25) is 0 Å². The van der Waals surface area contributed by atoms with E-state index in [1.54, 1.807) is 24.3 Å². The first-order valence-corrected chi connectivity index (χ1v) is 12.8. The predicted molar refractivity (Wildman–Crippen MR) is 143 cm³/mol. The largest absolute Gasteiger partial charge is 0.481 e. The maximum Gasteiger partial charge on any atom is 0.303 e. The lowest BCUT2D eigenvalue weighted by atomic mass is 10.1. The summed E-state index contributed by atoms with van der Waals surface area (Å²) in [6.45, 7) is 0.0867. The van der Waals surface area contributed by atoms with Gasteiger partial charge in [-0.05, 0) is 66.9 Å². The second-order valence-electron chi connectivity index (χ2n) is 9.40. The first-order valence-electron chi connectivity index (χ1n) is 12.8.